The molecule has 3 aromatic rings. The zero-order valence-electron chi connectivity index (χ0n) is 13.4. The van der Waals surface area contributed by atoms with Crippen LogP contribution in [0.15, 0.2) is 73.1 Å². The van der Waals surface area contributed by atoms with Gasteiger partial charge in [-0.05, 0) is 29.3 Å². The summed E-state index contributed by atoms with van der Waals surface area (Å²) < 4.78 is 6.83. The SMILES string of the molecule is COC(=O)C1C(c2ccccc2)C1c1ccc(-n2cccn2)cc1. The lowest BCUT2D eigenvalue weighted by Crippen LogP contribution is -2.05. The van der Waals surface area contributed by atoms with Crippen LogP contribution in [-0.4, -0.2) is 22.9 Å². The van der Waals surface area contributed by atoms with E-state index < -0.39 is 0 Å². The van der Waals surface area contributed by atoms with E-state index in [2.05, 4.69) is 29.4 Å². The zero-order chi connectivity index (χ0) is 16.5. The number of carbonyl (C=O) groups is 1. The van der Waals surface area contributed by atoms with Crippen molar-refractivity contribution < 1.29 is 9.53 Å². The number of carbonyl (C=O) groups excluding carboxylic acids is 1. The number of methoxy groups -OCH3 is 1. The number of benzene rings is 2. The standard InChI is InChI=1S/C20H18N2O2/c1-24-20(23)19-17(14-6-3-2-4-7-14)18(19)15-8-10-16(11-9-15)22-13-5-12-21-22/h2-13,17-19H,1H3. The first-order valence-electron chi connectivity index (χ1n) is 8.02. The summed E-state index contributed by atoms with van der Waals surface area (Å²) in [5.74, 6) is 0.124. The summed E-state index contributed by atoms with van der Waals surface area (Å²) in [6, 6.07) is 20.3. The van der Waals surface area contributed by atoms with Crippen molar-refractivity contribution in [3.05, 3.63) is 84.2 Å². The molecule has 0 radical (unpaired) electrons. The van der Waals surface area contributed by atoms with Gasteiger partial charge in [-0.2, -0.15) is 5.10 Å². The Morgan fingerprint density at radius 2 is 1.62 bits per heavy atom. The maximum Gasteiger partial charge on any atom is 0.309 e. The molecule has 0 spiro atoms. The number of esters is 1. The van der Waals surface area contributed by atoms with E-state index in [-0.39, 0.29) is 23.7 Å². The second kappa shape index (κ2) is 5.96. The normalized spacial score (nSPS) is 22.1. The minimum atomic E-state index is -0.134. The highest BCUT2D eigenvalue weighted by Crippen LogP contribution is 2.60. The lowest BCUT2D eigenvalue weighted by molar-refractivity contribution is -0.142. The van der Waals surface area contributed by atoms with E-state index in [0.29, 0.717) is 0 Å². The van der Waals surface area contributed by atoms with E-state index in [9.17, 15) is 4.79 Å². The molecule has 0 saturated heterocycles. The molecular weight excluding hydrogens is 300 g/mol. The van der Waals surface area contributed by atoms with Gasteiger partial charge in [0.2, 0.25) is 0 Å². The smallest absolute Gasteiger partial charge is 0.309 e. The summed E-state index contributed by atoms with van der Waals surface area (Å²) in [6.45, 7) is 0. The highest BCUT2D eigenvalue weighted by Gasteiger charge is 2.56. The number of hydrogen-bond donors (Lipinski definition) is 0. The van der Waals surface area contributed by atoms with E-state index >= 15 is 0 Å². The van der Waals surface area contributed by atoms with Gasteiger partial charge in [-0.1, -0.05) is 42.5 Å². The molecule has 1 aliphatic rings. The largest absolute Gasteiger partial charge is 0.469 e. The van der Waals surface area contributed by atoms with E-state index in [1.54, 1.807) is 6.20 Å². The third-order valence-corrected chi connectivity index (χ3v) is 4.72. The molecule has 2 aromatic carbocycles. The molecule has 24 heavy (non-hydrogen) atoms. The van der Waals surface area contributed by atoms with Crippen LogP contribution in [0.4, 0.5) is 0 Å². The van der Waals surface area contributed by atoms with Crippen molar-refractivity contribution in [2.24, 2.45) is 5.92 Å². The van der Waals surface area contributed by atoms with E-state index in [0.717, 1.165) is 11.3 Å². The first-order chi connectivity index (χ1) is 11.8. The fourth-order valence-corrected chi connectivity index (χ4v) is 3.52. The van der Waals surface area contributed by atoms with E-state index in [1.165, 1.54) is 12.7 Å². The molecule has 1 fully saturated rings. The Kier molecular flexibility index (Phi) is 3.65. The van der Waals surface area contributed by atoms with Gasteiger partial charge in [-0.15, -0.1) is 0 Å². The second-order valence-electron chi connectivity index (χ2n) is 6.05. The molecule has 0 N–H and O–H groups in total. The van der Waals surface area contributed by atoms with Gasteiger partial charge in [0.1, 0.15) is 0 Å². The van der Waals surface area contributed by atoms with Crippen LogP contribution in [-0.2, 0) is 9.53 Å². The predicted octanol–water partition coefficient (Wildman–Crippen LogP) is 3.54. The first-order valence-corrected chi connectivity index (χ1v) is 8.02. The van der Waals surface area contributed by atoms with Crippen molar-refractivity contribution in [2.75, 3.05) is 7.11 Å². The Balaban J connectivity index is 1.63. The van der Waals surface area contributed by atoms with Crippen molar-refractivity contribution >= 4 is 5.97 Å². The van der Waals surface area contributed by atoms with Crippen LogP contribution in [0.3, 0.4) is 0 Å². The van der Waals surface area contributed by atoms with Crippen LogP contribution in [0.2, 0.25) is 0 Å². The first kappa shape index (κ1) is 14.7. The quantitative estimate of drug-likeness (QED) is 0.691. The molecule has 4 rings (SSSR count). The van der Waals surface area contributed by atoms with Crippen molar-refractivity contribution in [3.8, 4) is 5.69 Å². The van der Waals surface area contributed by atoms with Crippen LogP contribution in [0, 0.1) is 5.92 Å². The second-order valence-corrected chi connectivity index (χ2v) is 6.05. The number of hydrogen-bond acceptors (Lipinski definition) is 3. The van der Waals surface area contributed by atoms with Crippen molar-refractivity contribution in [3.63, 3.8) is 0 Å². The van der Waals surface area contributed by atoms with Crippen LogP contribution in [0.25, 0.3) is 5.69 Å². The van der Waals surface area contributed by atoms with Gasteiger partial charge in [0, 0.05) is 24.2 Å². The Bertz CT molecular complexity index is 826. The summed E-state index contributed by atoms with van der Waals surface area (Å²) in [4.78, 5) is 12.2. The molecule has 3 atom stereocenters. The molecule has 1 saturated carbocycles. The summed E-state index contributed by atoms with van der Waals surface area (Å²) in [5.41, 5.74) is 3.36. The molecule has 0 bridgehead atoms. The van der Waals surface area contributed by atoms with Gasteiger partial charge in [-0.3, -0.25) is 4.79 Å². The lowest BCUT2D eigenvalue weighted by Gasteiger charge is -2.04. The molecular formula is C20H18N2O2. The zero-order valence-corrected chi connectivity index (χ0v) is 13.4. The van der Waals surface area contributed by atoms with E-state index in [4.69, 9.17) is 4.74 Å². The highest BCUT2D eigenvalue weighted by molar-refractivity contribution is 5.80. The Morgan fingerprint density at radius 1 is 0.958 bits per heavy atom. The van der Waals surface area contributed by atoms with Crippen LogP contribution in [0.1, 0.15) is 23.0 Å². The maximum atomic E-state index is 12.2. The van der Waals surface area contributed by atoms with Gasteiger partial charge in [-0.25, -0.2) is 4.68 Å². The predicted molar refractivity (Wildman–Crippen MR) is 91.0 cm³/mol. The minimum Gasteiger partial charge on any atom is -0.469 e. The van der Waals surface area contributed by atoms with Crippen molar-refractivity contribution in [2.45, 2.75) is 11.8 Å². The van der Waals surface area contributed by atoms with E-state index in [1.807, 2.05) is 47.3 Å². The van der Waals surface area contributed by atoms with Crippen molar-refractivity contribution in [1.29, 1.82) is 0 Å². The summed E-state index contributed by atoms with van der Waals surface area (Å²) in [7, 11) is 1.46. The number of ether oxygens (including phenoxy) is 1. The Morgan fingerprint density at radius 3 is 2.21 bits per heavy atom. The Labute approximate surface area is 140 Å². The third-order valence-electron chi connectivity index (χ3n) is 4.72. The van der Waals surface area contributed by atoms with Gasteiger partial charge in [0.15, 0.2) is 0 Å². The molecule has 1 heterocycles. The monoisotopic (exact) mass is 318 g/mol. The average molecular weight is 318 g/mol. The molecule has 0 amide bonds. The molecule has 1 aliphatic carbocycles. The van der Waals surface area contributed by atoms with Crippen molar-refractivity contribution in [1.82, 2.24) is 9.78 Å². The number of aromatic nitrogens is 2. The third kappa shape index (κ3) is 2.50. The fourth-order valence-electron chi connectivity index (χ4n) is 3.52. The lowest BCUT2D eigenvalue weighted by atomic mass is 10.0. The van der Waals surface area contributed by atoms with Gasteiger partial charge < -0.3 is 4.74 Å². The summed E-state index contributed by atoms with van der Waals surface area (Å²) in [5, 5.41) is 4.24. The molecule has 0 aliphatic heterocycles. The van der Waals surface area contributed by atoms with Crippen LogP contribution < -0.4 is 0 Å². The van der Waals surface area contributed by atoms with Gasteiger partial charge >= 0.3 is 5.97 Å². The molecule has 4 nitrogen and oxygen atoms in total. The minimum absolute atomic E-state index is 0.104. The van der Waals surface area contributed by atoms with Crippen LogP contribution >= 0.6 is 0 Å². The average Bonchev–Trinajstić information content (AvgIpc) is 3.15. The Hall–Kier alpha value is -2.88. The molecule has 1 aromatic heterocycles. The fraction of sp³-hybridized carbons (Fsp3) is 0.200. The molecule has 4 heteroatoms. The number of nitrogens with zero attached hydrogens (tertiary/aromatic N) is 2. The van der Waals surface area contributed by atoms with Gasteiger partial charge in [0.25, 0.3) is 0 Å². The maximum absolute atomic E-state index is 12.2. The molecule has 120 valence electrons. The summed E-state index contributed by atoms with van der Waals surface area (Å²) >= 11 is 0. The number of rotatable bonds is 4. The van der Waals surface area contributed by atoms with Gasteiger partial charge in [0.05, 0.1) is 18.7 Å². The summed E-state index contributed by atoms with van der Waals surface area (Å²) in [6.07, 6.45) is 3.67. The molecule has 3 unspecified atom stereocenters. The highest BCUT2D eigenvalue weighted by atomic mass is 16.5. The van der Waals surface area contributed by atoms with Crippen LogP contribution in [0.5, 0.6) is 0 Å². The topological polar surface area (TPSA) is 44.1 Å².